The minimum atomic E-state index is -2.07. The molecule has 0 heterocycles. The van der Waals surface area contributed by atoms with E-state index in [4.69, 9.17) is 9.16 Å². The van der Waals surface area contributed by atoms with Crippen LogP contribution in [0.2, 0.25) is 18.1 Å². The molecule has 0 radical (unpaired) electrons. The van der Waals surface area contributed by atoms with Crippen molar-refractivity contribution in [3.8, 4) is 11.8 Å². The Morgan fingerprint density at radius 1 is 1.07 bits per heavy atom. The van der Waals surface area contributed by atoms with Crippen LogP contribution in [0, 0.1) is 11.8 Å². The molecule has 1 unspecified atom stereocenters. The van der Waals surface area contributed by atoms with Crippen molar-refractivity contribution in [3.63, 3.8) is 0 Å². The quantitative estimate of drug-likeness (QED) is 0.214. The van der Waals surface area contributed by atoms with E-state index in [-0.39, 0.29) is 18.3 Å². The van der Waals surface area contributed by atoms with Crippen LogP contribution in [0.5, 0.6) is 0 Å². The van der Waals surface area contributed by atoms with Crippen LogP contribution >= 0.6 is 0 Å². The van der Waals surface area contributed by atoms with Crippen LogP contribution in [0.4, 0.5) is 0 Å². The molecule has 0 aliphatic heterocycles. The zero-order valence-electron chi connectivity index (χ0n) is 19.0. The first-order valence-electron chi connectivity index (χ1n) is 10.5. The Hall–Kier alpha value is -1.46. The molecule has 0 aliphatic rings. The molecule has 0 saturated heterocycles. The van der Waals surface area contributed by atoms with E-state index in [2.05, 4.69) is 45.7 Å². The standard InChI is InChI=1S/C24H38O5Si/c1-24(2,3)30(4,5)29-23(22(27)18-25)16-10-9-14-21(26)15-11-17-28-19-20-12-7-6-8-13-20/h6-10,12-13,21-23,25-27H,14,16-19H2,1-5H3/b10-9-/t21?,22-,23+/m1/s1. The highest BCUT2D eigenvalue weighted by molar-refractivity contribution is 6.74. The SMILES string of the molecule is CC(C)(C)[Si](C)(C)O[C@@H](C/C=C\CC(O)C#CCOCc1ccccc1)[C@H](O)CO. The second-order valence-electron chi connectivity index (χ2n) is 8.92. The van der Waals surface area contributed by atoms with Crippen LogP contribution in [0.3, 0.4) is 0 Å². The number of hydrogen-bond donors (Lipinski definition) is 3. The highest BCUT2D eigenvalue weighted by Crippen LogP contribution is 2.38. The van der Waals surface area contributed by atoms with E-state index in [0.29, 0.717) is 19.4 Å². The Balaban J connectivity index is 2.43. The summed E-state index contributed by atoms with van der Waals surface area (Å²) in [7, 11) is -2.07. The highest BCUT2D eigenvalue weighted by atomic mass is 28.4. The van der Waals surface area contributed by atoms with Crippen molar-refractivity contribution in [1.82, 2.24) is 0 Å². The molecule has 30 heavy (non-hydrogen) atoms. The summed E-state index contributed by atoms with van der Waals surface area (Å²) < 4.78 is 11.7. The van der Waals surface area contributed by atoms with E-state index in [1.54, 1.807) is 0 Å². The van der Waals surface area contributed by atoms with Gasteiger partial charge in [-0.3, -0.25) is 0 Å². The fourth-order valence-electron chi connectivity index (χ4n) is 2.42. The third-order valence-corrected chi connectivity index (χ3v) is 9.82. The topological polar surface area (TPSA) is 79.2 Å². The van der Waals surface area contributed by atoms with E-state index in [9.17, 15) is 15.3 Å². The summed E-state index contributed by atoms with van der Waals surface area (Å²) in [6.45, 7) is 11.1. The van der Waals surface area contributed by atoms with Gasteiger partial charge in [0.15, 0.2) is 8.32 Å². The fraction of sp³-hybridized carbons (Fsp3) is 0.583. The van der Waals surface area contributed by atoms with E-state index >= 15 is 0 Å². The molecular weight excluding hydrogens is 396 g/mol. The zero-order valence-corrected chi connectivity index (χ0v) is 20.0. The van der Waals surface area contributed by atoms with Gasteiger partial charge in [0, 0.05) is 6.42 Å². The van der Waals surface area contributed by atoms with Gasteiger partial charge in [0.1, 0.15) is 18.8 Å². The van der Waals surface area contributed by atoms with E-state index < -0.39 is 26.6 Å². The Kier molecular flexibility index (Phi) is 11.6. The lowest BCUT2D eigenvalue weighted by Crippen LogP contribution is -2.47. The maximum atomic E-state index is 10.1. The number of rotatable bonds is 11. The summed E-state index contributed by atoms with van der Waals surface area (Å²) in [5, 5.41) is 29.5. The van der Waals surface area contributed by atoms with Gasteiger partial charge in [0.05, 0.1) is 19.3 Å². The third-order valence-electron chi connectivity index (χ3n) is 5.32. The predicted octanol–water partition coefficient (Wildman–Crippen LogP) is 3.65. The van der Waals surface area contributed by atoms with Crippen LogP contribution in [0.25, 0.3) is 0 Å². The first-order chi connectivity index (χ1) is 14.1. The number of aliphatic hydroxyl groups excluding tert-OH is 3. The second kappa shape index (κ2) is 13.1. The maximum absolute atomic E-state index is 10.1. The molecule has 0 saturated carbocycles. The molecule has 0 aromatic heterocycles. The van der Waals surface area contributed by atoms with Crippen molar-refractivity contribution >= 4 is 8.32 Å². The van der Waals surface area contributed by atoms with Crippen molar-refractivity contribution in [3.05, 3.63) is 48.0 Å². The van der Waals surface area contributed by atoms with Crippen molar-refractivity contribution < 1.29 is 24.5 Å². The molecule has 0 spiro atoms. The molecule has 5 nitrogen and oxygen atoms in total. The van der Waals surface area contributed by atoms with Crippen molar-refractivity contribution in [2.24, 2.45) is 0 Å². The van der Waals surface area contributed by atoms with Crippen LogP contribution in [-0.2, 0) is 15.8 Å². The van der Waals surface area contributed by atoms with E-state index in [1.807, 2.05) is 42.5 Å². The number of hydrogen-bond acceptors (Lipinski definition) is 5. The Labute approximate surface area is 182 Å². The molecule has 1 rings (SSSR count). The van der Waals surface area contributed by atoms with Gasteiger partial charge in [-0.25, -0.2) is 0 Å². The van der Waals surface area contributed by atoms with Crippen LogP contribution in [0.15, 0.2) is 42.5 Å². The predicted molar refractivity (Wildman–Crippen MR) is 123 cm³/mol. The summed E-state index contributed by atoms with van der Waals surface area (Å²) >= 11 is 0. The average molecular weight is 435 g/mol. The fourth-order valence-corrected chi connectivity index (χ4v) is 3.79. The monoisotopic (exact) mass is 434 g/mol. The average Bonchev–Trinajstić information content (AvgIpc) is 2.69. The summed E-state index contributed by atoms with van der Waals surface area (Å²) in [6, 6.07) is 9.86. The van der Waals surface area contributed by atoms with Crippen molar-refractivity contribution in [2.45, 2.75) is 76.7 Å². The number of benzene rings is 1. The molecule has 0 amide bonds. The number of aliphatic hydroxyl groups is 3. The summed E-state index contributed by atoms with van der Waals surface area (Å²) in [5.74, 6) is 5.60. The largest absolute Gasteiger partial charge is 0.411 e. The molecule has 1 aromatic carbocycles. The lowest BCUT2D eigenvalue weighted by molar-refractivity contribution is -0.00553. The Morgan fingerprint density at radius 2 is 1.70 bits per heavy atom. The van der Waals surface area contributed by atoms with Gasteiger partial charge in [-0.15, -0.1) is 0 Å². The van der Waals surface area contributed by atoms with E-state index in [1.165, 1.54) is 0 Å². The molecule has 0 bridgehead atoms. The third kappa shape index (κ3) is 10.0. The van der Waals surface area contributed by atoms with Gasteiger partial charge in [0.25, 0.3) is 0 Å². The van der Waals surface area contributed by atoms with Gasteiger partial charge in [-0.1, -0.05) is 75.1 Å². The minimum Gasteiger partial charge on any atom is -0.411 e. The van der Waals surface area contributed by atoms with Gasteiger partial charge in [-0.05, 0) is 30.1 Å². The Morgan fingerprint density at radius 3 is 2.30 bits per heavy atom. The second-order valence-corrected chi connectivity index (χ2v) is 13.7. The molecule has 0 fully saturated rings. The summed E-state index contributed by atoms with van der Waals surface area (Å²) in [4.78, 5) is 0. The normalized spacial score (nSPS) is 15.5. The van der Waals surface area contributed by atoms with E-state index in [0.717, 1.165) is 5.56 Å². The first-order valence-corrected chi connectivity index (χ1v) is 13.4. The molecule has 168 valence electrons. The van der Waals surface area contributed by atoms with Gasteiger partial charge in [0.2, 0.25) is 0 Å². The van der Waals surface area contributed by atoms with Gasteiger partial charge in [-0.2, -0.15) is 0 Å². The van der Waals surface area contributed by atoms with Crippen LogP contribution in [-0.4, -0.2) is 55.2 Å². The highest BCUT2D eigenvalue weighted by Gasteiger charge is 2.40. The molecule has 3 atom stereocenters. The first kappa shape index (κ1) is 26.6. The molecule has 3 N–H and O–H groups in total. The maximum Gasteiger partial charge on any atom is 0.192 e. The molecule has 6 heteroatoms. The number of ether oxygens (including phenoxy) is 1. The summed E-state index contributed by atoms with van der Waals surface area (Å²) in [6.07, 6.45) is 2.37. The summed E-state index contributed by atoms with van der Waals surface area (Å²) in [5.41, 5.74) is 1.09. The van der Waals surface area contributed by atoms with Crippen LogP contribution in [0.1, 0.15) is 39.2 Å². The van der Waals surface area contributed by atoms with Gasteiger partial charge < -0.3 is 24.5 Å². The molecule has 1 aromatic rings. The van der Waals surface area contributed by atoms with Gasteiger partial charge >= 0.3 is 0 Å². The van der Waals surface area contributed by atoms with Crippen molar-refractivity contribution in [1.29, 1.82) is 0 Å². The Bertz CT molecular complexity index is 685. The molecule has 0 aliphatic carbocycles. The minimum absolute atomic E-state index is 0.0124. The van der Waals surface area contributed by atoms with Crippen molar-refractivity contribution in [2.75, 3.05) is 13.2 Å². The van der Waals surface area contributed by atoms with Crippen LogP contribution < -0.4 is 0 Å². The molecular formula is C24H38O5Si. The lowest BCUT2D eigenvalue weighted by Gasteiger charge is -2.40. The lowest BCUT2D eigenvalue weighted by atomic mass is 10.1. The smallest absolute Gasteiger partial charge is 0.192 e. The zero-order chi connectivity index (χ0) is 22.6.